The minimum atomic E-state index is -1.00. The van der Waals surface area contributed by atoms with E-state index < -0.39 is 5.54 Å². The normalized spacial score (nSPS) is 15.6. The summed E-state index contributed by atoms with van der Waals surface area (Å²) in [6.07, 6.45) is 2.98. The largest absolute Gasteiger partial charge is 0.454 e. The van der Waals surface area contributed by atoms with Gasteiger partial charge in [-0.25, -0.2) is 4.39 Å². The molecule has 0 bridgehead atoms. The van der Waals surface area contributed by atoms with Crippen LogP contribution in [0.25, 0.3) is 0 Å². The maximum Gasteiger partial charge on any atom is 0.250 e. The minimum absolute atomic E-state index is 0.136. The third kappa shape index (κ3) is 4.85. The highest BCUT2D eigenvalue weighted by Gasteiger charge is 2.48. The van der Waals surface area contributed by atoms with Crippen LogP contribution in [0.3, 0.4) is 0 Å². The lowest BCUT2D eigenvalue weighted by Gasteiger charge is -2.40. The van der Waals surface area contributed by atoms with Gasteiger partial charge in [0.2, 0.25) is 18.6 Å². The Kier molecular flexibility index (Phi) is 6.40. The Morgan fingerprint density at radius 2 is 1.60 bits per heavy atom. The van der Waals surface area contributed by atoms with E-state index in [1.165, 1.54) is 12.1 Å². The number of amides is 2. The number of hydrogen-bond donors (Lipinski definition) is 1. The van der Waals surface area contributed by atoms with Gasteiger partial charge < -0.3 is 19.7 Å². The first-order valence-electron chi connectivity index (χ1n) is 11.8. The fraction of sp³-hybridized carbons (Fsp3) is 0.286. The fourth-order valence-corrected chi connectivity index (χ4v) is 4.92. The van der Waals surface area contributed by atoms with Crippen molar-refractivity contribution in [2.75, 3.05) is 12.1 Å². The van der Waals surface area contributed by atoms with Crippen LogP contribution >= 0.6 is 0 Å². The Hall–Kier alpha value is -3.87. The van der Waals surface area contributed by atoms with Crippen molar-refractivity contribution in [2.45, 2.75) is 44.2 Å². The molecule has 0 aromatic heterocycles. The summed E-state index contributed by atoms with van der Waals surface area (Å²) in [6, 6.07) is 20.8. The van der Waals surface area contributed by atoms with Crippen LogP contribution in [0.15, 0.2) is 72.8 Å². The summed E-state index contributed by atoms with van der Waals surface area (Å²) in [7, 11) is 0. The minimum Gasteiger partial charge on any atom is -0.454 e. The van der Waals surface area contributed by atoms with E-state index in [1.54, 1.807) is 35.2 Å². The first kappa shape index (κ1) is 22.9. The number of nitrogens with zero attached hydrogens (tertiary/aromatic N) is 1. The van der Waals surface area contributed by atoms with Crippen molar-refractivity contribution in [1.82, 2.24) is 4.90 Å². The third-order valence-corrected chi connectivity index (χ3v) is 6.75. The fourth-order valence-electron chi connectivity index (χ4n) is 4.92. The van der Waals surface area contributed by atoms with Gasteiger partial charge in [-0.1, -0.05) is 55.3 Å². The molecule has 1 saturated carbocycles. The lowest BCUT2D eigenvalue weighted by Crippen LogP contribution is -2.57. The van der Waals surface area contributed by atoms with E-state index in [2.05, 4.69) is 5.32 Å². The van der Waals surface area contributed by atoms with Gasteiger partial charge in [0.15, 0.2) is 11.5 Å². The molecule has 1 N–H and O–H groups in total. The van der Waals surface area contributed by atoms with E-state index >= 15 is 0 Å². The van der Waals surface area contributed by atoms with Crippen molar-refractivity contribution in [3.05, 3.63) is 89.7 Å². The highest BCUT2D eigenvalue weighted by molar-refractivity contribution is 6.01. The molecule has 1 aliphatic heterocycles. The van der Waals surface area contributed by atoms with Gasteiger partial charge in [0.25, 0.3) is 0 Å². The molecule has 180 valence electrons. The number of carbonyl (C=O) groups excluding carboxylic acids is 2. The highest BCUT2D eigenvalue weighted by atomic mass is 19.1. The molecule has 2 amide bonds. The monoisotopic (exact) mass is 474 g/mol. The quantitative estimate of drug-likeness (QED) is 0.519. The molecule has 5 rings (SSSR count). The summed E-state index contributed by atoms with van der Waals surface area (Å²) >= 11 is 0. The Morgan fingerprint density at radius 3 is 2.34 bits per heavy atom. The number of rotatable bonds is 7. The van der Waals surface area contributed by atoms with Crippen molar-refractivity contribution >= 4 is 17.5 Å². The second-order valence-electron chi connectivity index (χ2n) is 9.03. The topological polar surface area (TPSA) is 67.9 Å². The van der Waals surface area contributed by atoms with E-state index in [0.717, 1.165) is 24.0 Å². The lowest BCUT2D eigenvalue weighted by atomic mass is 9.91. The number of carbonyl (C=O) groups is 2. The summed E-state index contributed by atoms with van der Waals surface area (Å²) in [5, 5.41) is 3.02. The summed E-state index contributed by atoms with van der Waals surface area (Å²) in [5.74, 6) is 0.508. The second kappa shape index (κ2) is 9.78. The SMILES string of the molecule is O=C(Cc1ccccc1)N(Cc1ccc(F)cc1)C1(C(=O)Nc2ccc3c(c2)OCO3)CCCC1. The summed E-state index contributed by atoms with van der Waals surface area (Å²) in [5.41, 5.74) is 1.24. The number of halogens is 1. The number of ether oxygens (including phenoxy) is 2. The van der Waals surface area contributed by atoms with Crippen LogP contribution in [0.2, 0.25) is 0 Å². The van der Waals surface area contributed by atoms with Gasteiger partial charge in [0, 0.05) is 18.3 Å². The standard InChI is InChI=1S/C28H27FN2O4/c29-22-10-8-21(9-11-22)18-31(26(32)16-20-6-2-1-3-7-20)28(14-4-5-15-28)27(33)30-23-12-13-24-25(17-23)35-19-34-24/h1-3,6-13,17H,4-5,14-16,18-19H2,(H,30,33). The number of nitrogens with one attached hydrogen (secondary N) is 1. The van der Waals surface area contributed by atoms with E-state index in [9.17, 15) is 14.0 Å². The molecule has 3 aromatic rings. The molecule has 6 nitrogen and oxygen atoms in total. The zero-order valence-corrected chi connectivity index (χ0v) is 19.3. The number of benzene rings is 3. The smallest absolute Gasteiger partial charge is 0.250 e. The Bertz CT molecular complexity index is 1210. The molecular formula is C28H27FN2O4. The molecular weight excluding hydrogens is 447 g/mol. The molecule has 1 fully saturated rings. The third-order valence-electron chi connectivity index (χ3n) is 6.75. The van der Waals surface area contributed by atoms with Crippen LogP contribution < -0.4 is 14.8 Å². The molecule has 7 heteroatoms. The van der Waals surface area contributed by atoms with Crippen LogP contribution in [0, 0.1) is 5.82 Å². The van der Waals surface area contributed by atoms with Crippen LogP contribution in [-0.4, -0.2) is 29.0 Å². The second-order valence-corrected chi connectivity index (χ2v) is 9.03. The Balaban J connectivity index is 1.46. The van der Waals surface area contributed by atoms with Crippen LogP contribution in [0.5, 0.6) is 11.5 Å². The number of fused-ring (bicyclic) bond motifs is 1. The molecule has 0 saturated heterocycles. The molecule has 3 aromatic carbocycles. The van der Waals surface area contributed by atoms with Gasteiger partial charge in [0.05, 0.1) is 6.42 Å². The van der Waals surface area contributed by atoms with E-state index in [4.69, 9.17) is 9.47 Å². The Morgan fingerprint density at radius 1 is 0.886 bits per heavy atom. The van der Waals surface area contributed by atoms with Gasteiger partial charge in [-0.2, -0.15) is 0 Å². The summed E-state index contributed by atoms with van der Waals surface area (Å²) in [4.78, 5) is 29.3. The van der Waals surface area contributed by atoms with E-state index in [0.29, 0.717) is 30.0 Å². The first-order chi connectivity index (χ1) is 17.0. The predicted molar refractivity (Wildman–Crippen MR) is 129 cm³/mol. The average molecular weight is 475 g/mol. The molecule has 0 atom stereocenters. The van der Waals surface area contributed by atoms with Crippen molar-refractivity contribution in [1.29, 1.82) is 0 Å². The highest BCUT2D eigenvalue weighted by Crippen LogP contribution is 2.39. The van der Waals surface area contributed by atoms with Gasteiger partial charge in [-0.3, -0.25) is 9.59 Å². The zero-order valence-electron chi connectivity index (χ0n) is 19.3. The van der Waals surface area contributed by atoms with E-state index in [-0.39, 0.29) is 37.4 Å². The summed E-state index contributed by atoms with van der Waals surface area (Å²) in [6.45, 7) is 0.372. The van der Waals surface area contributed by atoms with Crippen molar-refractivity contribution in [3.8, 4) is 11.5 Å². The van der Waals surface area contributed by atoms with Crippen LogP contribution in [0.4, 0.5) is 10.1 Å². The molecule has 0 spiro atoms. The maximum atomic E-state index is 13.8. The van der Waals surface area contributed by atoms with Crippen molar-refractivity contribution in [3.63, 3.8) is 0 Å². The van der Waals surface area contributed by atoms with Gasteiger partial charge >= 0.3 is 0 Å². The zero-order chi connectivity index (χ0) is 24.3. The van der Waals surface area contributed by atoms with Gasteiger partial charge in [0.1, 0.15) is 11.4 Å². The average Bonchev–Trinajstić information content (AvgIpc) is 3.54. The predicted octanol–water partition coefficient (Wildman–Crippen LogP) is 5.08. The molecule has 0 unspecified atom stereocenters. The number of hydrogen-bond acceptors (Lipinski definition) is 4. The molecule has 35 heavy (non-hydrogen) atoms. The van der Waals surface area contributed by atoms with Gasteiger partial charge in [-0.05, 0) is 48.2 Å². The van der Waals surface area contributed by atoms with Crippen molar-refractivity contribution in [2.24, 2.45) is 0 Å². The van der Waals surface area contributed by atoms with Crippen LogP contribution in [-0.2, 0) is 22.6 Å². The first-order valence-corrected chi connectivity index (χ1v) is 11.8. The number of anilines is 1. The van der Waals surface area contributed by atoms with Gasteiger partial charge in [-0.15, -0.1) is 0 Å². The maximum absolute atomic E-state index is 13.8. The van der Waals surface area contributed by atoms with Crippen molar-refractivity contribution < 1.29 is 23.5 Å². The molecule has 1 heterocycles. The summed E-state index contributed by atoms with van der Waals surface area (Å²) < 4.78 is 24.4. The Labute approximate surface area is 203 Å². The van der Waals surface area contributed by atoms with Crippen LogP contribution in [0.1, 0.15) is 36.8 Å². The molecule has 0 radical (unpaired) electrons. The lowest BCUT2D eigenvalue weighted by molar-refractivity contribution is -0.145. The van der Waals surface area contributed by atoms with E-state index in [1.807, 2.05) is 30.3 Å². The molecule has 1 aliphatic carbocycles. The molecule has 2 aliphatic rings.